The average Bonchev–Trinajstić information content (AvgIpc) is 2.41. The molecule has 1 aliphatic rings. The largest absolute Gasteiger partial charge is 0.508 e. The van der Waals surface area contributed by atoms with E-state index in [1.165, 1.54) is 0 Å². The van der Waals surface area contributed by atoms with Gasteiger partial charge in [-0.1, -0.05) is 6.07 Å². The third-order valence-electron chi connectivity index (χ3n) is 3.87. The van der Waals surface area contributed by atoms with E-state index in [9.17, 15) is 9.90 Å². The Morgan fingerprint density at radius 3 is 2.42 bits per heavy atom. The van der Waals surface area contributed by atoms with E-state index in [1.54, 1.807) is 25.1 Å². The van der Waals surface area contributed by atoms with Gasteiger partial charge in [-0.2, -0.15) is 0 Å². The van der Waals surface area contributed by atoms with Crippen LogP contribution in [0.25, 0.3) is 0 Å². The molecule has 2 rings (SSSR count). The fourth-order valence-electron chi connectivity index (χ4n) is 2.47. The van der Waals surface area contributed by atoms with E-state index in [-0.39, 0.29) is 11.7 Å². The molecule has 0 saturated carbocycles. The van der Waals surface area contributed by atoms with Gasteiger partial charge in [0.2, 0.25) is 0 Å². The molecule has 104 valence electrons. The van der Waals surface area contributed by atoms with Gasteiger partial charge < -0.3 is 10.0 Å². The molecule has 4 nitrogen and oxygen atoms in total. The van der Waals surface area contributed by atoms with Crippen LogP contribution in [0.1, 0.15) is 29.8 Å². The molecule has 1 fully saturated rings. The smallest absolute Gasteiger partial charge is 0.254 e. The molecule has 4 heteroatoms. The maximum atomic E-state index is 12.4. The van der Waals surface area contributed by atoms with Crippen LogP contribution < -0.4 is 0 Å². The fraction of sp³-hybridized carbons (Fsp3) is 0.533. The van der Waals surface area contributed by atoms with E-state index in [0.29, 0.717) is 17.2 Å². The van der Waals surface area contributed by atoms with Crippen molar-refractivity contribution in [2.75, 3.05) is 26.2 Å². The van der Waals surface area contributed by atoms with Crippen molar-refractivity contribution in [1.82, 2.24) is 9.80 Å². The lowest BCUT2D eigenvalue weighted by Crippen LogP contribution is -2.50. The van der Waals surface area contributed by atoms with Crippen molar-refractivity contribution in [2.24, 2.45) is 0 Å². The molecule has 0 bridgehead atoms. The van der Waals surface area contributed by atoms with Crippen LogP contribution in [0, 0.1) is 6.92 Å². The summed E-state index contributed by atoms with van der Waals surface area (Å²) in [5.74, 6) is 0.212. The Balaban J connectivity index is 2.07. The van der Waals surface area contributed by atoms with Crippen LogP contribution in [0.15, 0.2) is 18.2 Å². The van der Waals surface area contributed by atoms with Gasteiger partial charge in [-0.25, -0.2) is 0 Å². The molecule has 1 amide bonds. The molecule has 1 heterocycles. The number of hydrogen-bond acceptors (Lipinski definition) is 3. The van der Waals surface area contributed by atoms with Gasteiger partial charge in [-0.05, 0) is 32.9 Å². The summed E-state index contributed by atoms with van der Waals surface area (Å²) in [6.07, 6.45) is 0. The van der Waals surface area contributed by atoms with Crippen molar-refractivity contribution in [3.05, 3.63) is 29.3 Å². The van der Waals surface area contributed by atoms with E-state index >= 15 is 0 Å². The van der Waals surface area contributed by atoms with E-state index in [1.807, 2.05) is 4.90 Å². The summed E-state index contributed by atoms with van der Waals surface area (Å²) in [6, 6.07) is 5.65. The number of amides is 1. The fourth-order valence-corrected chi connectivity index (χ4v) is 2.47. The number of piperazine rings is 1. The first kappa shape index (κ1) is 13.9. The molecule has 0 aliphatic carbocycles. The molecule has 1 saturated heterocycles. The Morgan fingerprint density at radius 1 is 1.21 bits per heavy atom. The minimum Gasteiger partial charge on any atom is -0.508 e. The second kappa shape index (κ2) is 5.61. The molecular weight excluding hydrogens is 240 g/mol. The first-order valence-corrected chi connectivity index (χ1v) is 6.82. The number of nitrogens with zero attached hydrogens (tertiary/aromatic N) is 2. The summed E-state index contributed by atoms with van der Waals surface area (Å²) in [4.78, 5) is 16.7. The lowest BCUT2D eigenvalue weighted by Gasteiger charge is -2.37. The number of rotatable bonds is 2. The quantitative estimate of drug-likeness (QED) is 0.885. The maximum Gasteiger partial charge on any atom is 0.254 e. The molecule has 0 spiro atoms. The number of carbonyl (C=O) groups excluding carboxylic acids is 1. The van der Waals surface area contributed by atoms with Crippen molar-refractivity contribution in [2.45, 2.75) is 26.8 Å². The monoisotopic (exact) mass is 262 g/mol. The molecule has 1 aromatic carbocycles. The predicted octanol–water partition coefficient (Wildman–Crippen LogP) is 1.87. The zero-order chi connectivity index (χ0) is 14.0. The van der Waals surface area contributed by atoms with Gasteiger partial charge in [0.25, 0.3) is 5.91 Å². The highest BCUT2D eigenvalue weighted by Gasteiger charge is 2.24. The van der Waals surface area contributed by atoms with Crippen molar-refractivity contribution in [3.63, 3.8) is 0 Å². The summed E-state index contributed by atoms with van der Waals surface area (Å²) < 4.78 is 0. The zero-order valence-corrected chi connectivity index (χ0v) is 11.9. The normalized spacial score (nSPS) is 16.9. The topological polar surface area (TPSA) is 43.8 Å². The van der Waals surface area contributed by atoms with Gasteiger partial charge in [0, 0.05) is 43.3 Å². The van der Waals surface area contributed by atoms with E-state index in [2.05, 4.69) is 18.7 Å². The van der Waals surface area contributed by atoms with Crippen LogP contribution in [0.2, 0.25) is 0 Å². The molecule has 0 radical (unpaired) electrons. The third kappa shape index (κ3) is 2.89. The average molecular weight is 262 g/mol. The minimum atomic E-state index is 0.0248. The van der Waals surface area contributed by atoms with Crippen LogP contribution in [0.3, 0.4) is 0 Å². The van der Waals surface area contributed by atoms with Gasteiger partial charge in [-0.3, -0.25) is 9.69 Å². The summed E-state index contributed by atoms with van der Waals surface area (Å²) in [5.41, 5.74) is 1.27. The van der Waals surface area contributed by atoms with Gasteiger partial charge in [0.15, 0.2) is 0 Å². The number of phenols is 1. The van der Waals surface area contributed by atoms with E-state index in [0.717, 1.165) is 26.2 Å². The van der Waals surface area contributed by atoms with Crippen molar-refractivity contribution in [3.8, 4) is 5.75 Å². The Labute approximate surface area is 114 Å². The van der Waals surface area contributed by atoms with E-state index < -0.39 is 0 Å². The van der Waals surface area contributed by atoms with Crippen LogP contribution >= 0.6 is 0 Å². The highest BCUT2D eigenvalue weighted by Crippen LogP contribution is 2.21. The van der Waals surface area contributed by atoms with Gasteiger partial charge in [0.05, 0.1) is 0 Å². The lowest BCUT2D eigenvalue weighted by atomic mass is 10.1. The van der Waals surface area contributed by atoms with Crippen LogP contribution in [0.4, 0.5) is 0 Å². The Kier molecular flexibility index (Phi) is 4.10. The number of phenolic OH excluding ortho intramolecular Hbond substituents is 1. The number of carbonyl (C=O) groups is 1. The van der Waals surface area contributed by atoms with Crippen LogP contribution in [-0.4, -0.2) is 53.0 Å². The number of hydrogen-bond donors (Lipinski definition) is 1. The molecule has 0 atom stereocenters. The summed E-state index contributed by atoms with van der Waals surface area (Å²) in [5, 5.41) is 9.68. The second-order valence-electron chi connectivity index (χ2n) is 5.37. The lowest BCUT2D eigenvalue weighted by molar-refractivity contribution is 0.0594. The summed E-state index contributed by atoms with van der Waals surface area (Å²) in [6.45, 7) is 9.49. The van der Waals surface area contributed by atoms with Gasteiger partial charge >= 0.3 is 0 Å². The summed E-state index contributed by atoms with van der Waals surface area (Å²) >= 11 is 0. The highest BCUT2D eigenvalue weighted by atomic mass is 16.3. The molecule has 1 N–H and O–H groups in total. The first-order chi connectivity index (χ1) is 9.00. The molecule has 0 unspecified atom stereocenters. The Morgan fingerprint density at radius 2 is 1.84 bits per heavy atom. The molecule has 1 aromatic rings. The first-order valence-electron chi connectivity index (χ1n) is 6.82. The van der Waals surface area contributed by atoms with Crippen LogP contribution in [0.5, 0.6) is 5.75 Å². The molecular formula is C15H22N2O2. The summed E-state index contributed by atoms with van der Waals surface area (Å²) in [7, 11) is 0. The van der Waals surface area contributed by atoms with Gasteiger partial charge in [-0.15, -0.1) is 0 Å². The Hall–Kier alpha value is -1.55. The van der Waals surface area contributed by atoms with Gasteiger partial charge in [0.1, 0.15) is 5.75 Å². The second-order valence-corrected chi connectivity index (χ2v) is 5.37. The zero-order valence-electron chi connectivity index (χ0n) is 11.9. The van der Waals surface area contributed by atoms with Crippen molar-refractivity contribution in [1.29, 1.82) is 0 Å². The molecule has 19 heavy (non-hydrogen) atoms. The Bertz CT molecular complexity index is 463. The van der Waals surface area contributed by atoms with Crippen molar-refractivity contribution >= 4 is 5.91 Å². The highest BCUT2D eigenvalue weighted by molar-refractivity contribution is 5.96. The van der Waals surface area contributed by atoms with Crippen LogP contribution in [-0.2, 0) is 0 Å². The SMILES string of the molecule is Cc1c(O)cccc1C(=O)N1CCN(C(C)C)CC1. The molecule has 0 aromatic heterocycles. The van der Waals surface area contributed by atoms with Crippen molar-refractivity contribution < 1.29 is 9.90 Å². The predicted molar refractivity (Wildman–Crippen MR) is 75.5 cm³/mol. The maximum absolute atomic E-state index is 12.4. The number of aromatic hydroxyl groups is 1. The standard InChI is InChI=1S/C15H22N2O2/c1-11(2)16-7-9-17(10-8-16)15(19)13-5-4-6-14(18)12(13)3/h4-6,11,18H,7-10H2,1-3H3. The number of benzene rings is 1. The third-order valence-corrected chi connectivity index (χ3v) is 3.87. The minimum absolute atomic E-state index is 0.0248. The van der Waals surface area contributed by atoms with E-state index in [4.69, 9.17) is 0 Å². The molecule has 1 aliphatic heterocycles.